The van der Waals surface area contributed by atoms with Crippen LogP contribution in [-0.2, 0) is 19.1 Å². The molecule has 178 valence electrons. The number of carbonyl (C=O) groups is 3. The number of amides is 2. The summed E-state index contributed by atoms with van der Waals surface area (Å²) < 4.78 is 4.82. The fourth-order valence-electron chi connectivity index (χ4n) is 5.51. The molecule has 1 spiro atoms. The van der Waals surface area contributed by atoms with Crippen molar-refractivity contribution in [2.75, 3.05) is 26.3 Å². The second-order valence-electron chi connectivity index (χ2n) is 9.00. The van der Waals surface area contributed by atoms with Gasteiger partial charge in [0.1, 0.15) is 6.04 Å². The van der Waals surface area contributed by atoms with Crippen molar-refractivity contribution in [3.05, 3.63) is 25.3 Å². The number of thioether (sulfide) groups is 1. The SMILES string of the molecule is C=CCCOC(=O)[C@@H]1[C@@H]2CCC3(S2)C(C(=O)N(CC=C)CCCC)N([C@H](C)CO)C(=O)[C@H]13. The number of nitrogens with zero attached hydrogens (tertiary/aromatic N) is 2. The van der Waals surface area contributed by atoms with E-state index in [0.29, 0.717) is 25.9 Å². The quantitative estimate of drug-likeness (QED) is 0.271. The first-order chi connectivity index (χ1) is 15.4. The first-order valence-corrected chi connectivity index (χ1v) is 12.5. The molecule has 3 aliphatic rings. The number of hydrogen-bond donors (Lipinski definition) is 1. The van der Waals surface area contributed by atoms with Crippen molar-refractivity contribution in [2.24, 2.45) is 11.8 Å². The highest BCUT2D eigenvalue weighted by molar-refractivity contribution is 8.02. The van der Waals surface area contributed by atoms with Crippen LogP contribution in [0.25, 0.3) is 0 Å². The van der Waals surface area contributed by atoms with Gasteiger partial charge in [-0.15, -0.1) is 24.9 Å². The largest absolute Gasteiger partial charge is 0.465 e. The van der Waals surface area contributed by atoms with Gasteiger partial charge in [-0.05, 0) is 32.6 Å². The Hall–Kier alpha value is -1.80. The van der Waals surface area contributed by atoms with Crippen LogP contribution >= 0.6 is 11.8 Å². The topological polar surface area (TPSA) is 87.2 Å². The second kappa shape index (κ2) is 10.4. The summed E-state index contributed by atoms with van der Waals surface area (Å²) in [5, 5.41) is 9.88. The summed E-state index contributed by atoms with van der Waals surface area (Å²) in [6.07, 6.45) is 7.24. The molecule has 2 unspecified atom stereocenters. The number of aliphatic hydroxyl groups is 1. The molecule has 2 amide bonds. The normalized spacial score (nSPS) is 31.3. The number of unbranched alkanes of at least 4 members (excludes halogenated alkanes) is 1. The summed E-state index contributed by atoms with van der Waals surface area (Å²) in [4.78, 5) is 43.9. The van der Waals surface area contributed by atoms with Gasteiger partial charge < -0.3 is 19.6 Å². The first-order valence-electron chi connectivity index (χ1n) is 11.7. The van der Waals surface area contributed by atoms with Crippen molar-refractivity contribution in [1.29, 1.82) is 0 Å². The molecular formula is C24H36N2O5S. The standard InChI is InChI=1S/C24H36N2O5S/c1-5-8-13-25(12-7-3)22(29)20-24-11-10-17(32-24)18(23(30)31-14-9-6-2)19(24)21(28)26(20)16(4)15-27/h6-7,16-20,27H,2-3,5,8-15H2,1,4H3/t16-,17+,18-,19+,20?,24?/m1/s1. The molecule has 6 atom stereocenters. The van der Waals surface area contributed by atoms with E-state index in [1.54, 1.807) is 40.6 Å². The van der Waals surface area contributed by atoms with Gasteiger partial charge in [-0.3, -0.25) is 14.4 Å². The number of esters is 1. The van der Waals surface area contributed by atoms with E-state index in [9.17, 15) is 19.5 Å². The molecule has 8 heteroatoms. The third-order valence-electron chi connectivity index (χ3n) is 6.99. The zero-order valence-corrected chi connectivity index (χ0v) is 20.0. The van der Waals surface area contributed by atoms with Gasteiger partial charge in [0.15, 0.2) is 0 Å². The smallest absolute Gasteiger partial charge is 0.310 e. The van der Waals surface area contributed by atoms with Crippen molar-refractivity contribution in [1.82, 2.24) is 9.80 Å². The van der Waals surface area contributed by atoms with Crippen LogP contribution in [0.1, 0.15) is 46.0 Å². The van der Waals surface area contributed by atoms with Crippen LogP contribution in [0.5, 0.6) is 0 Å². The molecule has 0 aromatic heterocycles. The Balaban J connectivity index is 1.97. The molecule has 0 radical (unpaired) electrons. The summed E-state index contributed by atoms with van der Waals surface area (Å²) >= 11 is 1.62. The van der Waals surface area contributed by atoms with Crippen LogP contribution < -0.4 is 0 Å². The van der Waals surface area contributed by atoms with Crippen LogP contribution in [0.15, 0.2) is 25.3 Å². The molecule has 2 bridgehead atoms. The van der Waals surface area contributed by atoms with E-state index in [4.69, 9.17) is 4.74 Å². The first kappa shape index (κ1) is 24.8. The average Bonchev–Trinajstić information content (AvgIpc) is 3.43. The summed E-state index contributed by atoms with van der Waals surface area (Å²) in [6.45, 7) is 12.3. The van der Waals surface area contributed by atoms with Gasteiger partial charge in [-0.2, -0.15) is 0 Å². The maximum absolute atomic E-state index is 13.9. The predicted octanol–water partition coefficient (Wildman–Crippen LogP) is 2.39. The minimum Gasteiger partial charge on any atom is -0.465 e. The van der Waals surface area contributed by atoms with Crippen molar-refractivity contribution in [2.45, 2.75) is 68.0 Å². The summed E-state index contributed by atoms with van der Waals surface area (Å²) in [5.74, 6) is -1.83. The lowest BCUT2D eigenvalue weighted by atomic mass is 9.71. The Bertz CT molecular complexity index is 759. The molecular weight excluding hydrogens is 428 g/mol. The van der Waals surface area contributed by atoms with Crippen molar-refractivity contribution < 1.29 is 24.2 Å². The molecule has 1 N–H and O–H groups in total. The molecule has 0 aromatic rings. The number of hydrogen-bond acceptors (Lipinski definition) is 6. The monoisotopic (exact) mass is 464 g/mol. The predicted molar refractivity (Wildman–Crippen MR) is 125 cm³/mol. The second-order valence-corrected chi connectivity index (χ2v) is 10.6. The van der Waals surface area contributed by atoms with Gasteiger partial charge >= 0.3 is 5.97 Å². The fraction of sp³-hybridized carbons (Fsp3) is 0.708. The van der Waals surface area contributed by atoms with Crippen LogP contribution in [0.4, 0.5) is 0 Å². The molecule has 0 saturated carbocycles. The molecule has 0 aliphatic carbocycles. The van der Waals surface area contributed by atoms with E-state index in [-0.39, 0.29) is 36.2 Å². The van der Waals surface area contributed by atoms with Gasteiger partial charge in [0.05, 0.1) is 35.8 Å². The molecule has 3 saturated heterocycles. The van der Waals surface area contributed by atoms with Gasteiger partial charge in [0.2, 0.25) is 11.8 Å². The lowest BCUT2D eigenvalue weighted by molar-refractivity contribution is -0.154. The Labute approximate surface area is 195 Å². The Morgan fingerprint density at radius 2 is 2.16 bits per heavy atom. The summed E-state index contributed by atoms with van der Waals surface area (Å²) in [5.41, 5.74) is 0. The fourth-order valence-corrected chi connectivity index (χ4v) is 7.70. The number of rotatable bonds is 12. The molecule has 3 fully saturated rings. The van der Waals surface area contributed by atoms with E-state index < -0.39 is 28.7 Å². The van der Waals surface area contributed by atoms with Crippen molar-refractivity contribution in [3.8, 4) is 0 Å². The minimum absolute atomic E-state index is 0.0226. The molecule has 3 rings (SSSR count). The molecule has 32 heavy (non-hydrogen) atoms. The highest BCUT2D eigenvalue weighted by atomic mass is 32.2. The average molecular weight is 465 g/mol. The zero-order valence-electron chi connectivity index (χ0n) is 19.2. The number of carbonyl (C=O) groups excluding carboxylic acids is 3. The van der Waals surface area contributed by atoms with Gasteiger partial charge in [0, 0.05) is 18.3 Å². The van der Waals surface area contributed by atoms with Crippen LogP contribution in [0.2, 0.25) is 0 Å². The maximum Gasteiger partial charge on any atom is 0.310 e. The van der Waals surface area contributed by atoms with E-state index in [2.05, 4.69) is 20.1 Å². The van der Waals surface area contributed by atoms with Crippen molar-refractivity contribution in [3.63, 3.8) is 0 Å². The number of aliphatic hydroxyl groups excluding tert-OH is 1. The van der Waals surface area contributed by atoms with Crippen LogP contribution in [0.3, 0.4) is 0 Å². The molecule has 0 aromatic carbocycles. The summed E-state index contributed by atoms with van der Waals surface area (Å²) in [6, 6.07) is -1.20. The maximum atomic E-state index is 13.9. The highest BCUT2D eigenvalue weighted by Gasteiger charge is 2.74. The van der Waals surface area contributed by atoms with E-state index in [1.807, 2.05) is 0 Å². The van der Waals surface area contributed by atoms with E-state index >= 15 is 0 Å². The van der Waals surface area contributed by atoms with Crippen LogP contribution in [-0.4, -0.2) is 81.1 Å². The third kappa shape index (κ3) is 4.12. The Morgan fingerprint density at radius 1 is 1.41 bits per heavy atom. The van der Waals surface area contributed by atoms with Gasteiger partial charge in [-0.1, -0.05) is 25.5 Å². The van der Waals surface area contributed by atoms with Gasteiger partial charge in [-0.25, -0.2) is 0 Å². The molecule has 3 aliphatic heterocycles. The minimum atomic E-state index is -0.695. The number of ether oxygens (including phenoxy) is 1. The lowest BCUT2D eigenvalue weighted by Gasteiger charge is -2.38. The number of fused-ring (bicyclic) bond motifs is 1. The Morgan fingerprint density at radius 3 is 2.78 bits per heavy atom. The van der Waals surface area contributed by atoms with E-state index in [0.717, 1.165) is 19.3 Å². The van der Waals surface area contributed by atoms with Crippen molar-refractivity contribution >= 4 is 29.5 Å². The third-order valence-corrected chi connectivity index (χ3v) is 8.94. The van der Waals surface area contributed by atoms with E-state index in [1.165, 1.54) is 0 Å². The lowest BCUT2D eigenvalue weighted by Crippen LogP contribution is -2.57. The molecule has 7 nitrogen and oxygen atoms in total. The Kier molecular flexibility index (Phi) is 8.09. The zero-order chi connectivity index (χ0) is 23.5. The highest BCUT2D eigenvalue weighted by Crippen LogP contribution is 2.66. The van der Waals surface area contributed by atoms with Crippen LogP contribution in [0, 0.1) is 11.8 Å². The summed E-state index contributed by atoms with van der Waals surface area (Å²) in [7, 11) is 0. The number of likely N-dealkylation sites (tertiary alicyclic amines) is 1. The molecule has 3 heterocycles. The van der Waals surface area contributed by atoms with Gasteiger partial charge in [0.25, 0.3) is 0 Å².